The van der Waals surface area contributed by atoms with Crippen molar-refractivity contribution in [3.8, 4) is 33.8 Å². The van der Waals surface area contributed by atoms with E-state index >= 15 is 0 Å². The first kappa shape index (κ1) is 21.0. The highest BCUT2D eigenvalue weighted by atomic mass is 19.1. The first-order valence-corrected chi connectivity index (χ1v) is 11.2. The molecule has 6 rings (SSSR count). The van der Waals surface area contributed by atoms with E-state index in [0.29, 0.717) is 28.1 Å². The van der Waals surface area contributed by atoms with E-state index < -0.39 is 11.8 Å². The summed E-state index contributed by atoms with van der Waals surface area (Å²) in [4.78, 5) is 22.0. The molecule has 0 saturated carbocycles. The van der Waals surface area contributed by atoms with Gasteiger partial charge in [-0.2, -0.15) is 0 Å². The summed E-state index contributed by atoms with van der Waals surface area (Å²) in [7, 11) is 0. The Morgan fingerprint density at radius 3 is 2.63 bits per heavy atom. The predicted octanol–water partition coefficient (Wildman–Crippen LogP) is 6.93. The quantitative estimate of drug-likeness (QED) is 0.220. The number of aromatic carboxylic acids is 1. The second-order valence-electron chi connectivity index (χ2n) is 8.84. The molecule has 4 N–H and O–H groups in total. The van der Waals surface area contributed by atoms with Gasteiger partial charge in [0.25, 0.3) is 0 Å². The summed E-state index contributed by atoms with van der Waals surface area (Å²) >= 11 is 0. The fourth-order valence-corrected chi connectivity index (χ4v) is 4.94. The molecule has 2 aromatic carbocycles. The Bertz CT molecular complexity index is 1720. The van der Waals surface area contributed by atoms with Gasteiger partial charge >= 0.3 is 5.97 Å². The SMILES string of the molecule is CC(C)c1c(-c2cc(F)cc3[nH]ccc23)[nH]c(C(=O)O)c1-c1cccc2[nH]c(-c3ccno3)cc12. The largest absolute Gasteiger partial charge is 0.477 e. The molecule has 6 aromatic rings. The van der Waals surface area contributed by atoms with Crippen LogP contribution in [-0.4, -0.2) is 31.2 Å². The monoisotopic (exact) mass is 468 g/mol. The molecule has 8 heteroatoms. The zero-order valence-electron chi connectivity index (χ0n) is 18.9. The van der Waals surface area contributed by atoms with E-state index in [1.165, 1.54) is 12.1 Å². The van der Waals surface area contributed by atoms with E-state index in [1.54, 1.807) is 18.5 Å². The summed E-state index contributed by atoms with van der Waals surface area (Å²) in [6.45, 7) is 4.01. The minimum absolute atomic E-state index is 0.0513. The van der Waals surface area contributed by atoms with Crippen molar-refractivity contribution >= 4 is 27.8 Å². The van der Waals surface area contributed by atoms with Crippen molar-refractivity contribution < 1.29 is 18.8 Å². The van der Waals surface area contributed by atoms with Crippen LogP contribution in [0.15, 0.2) is 65.4 Å². The zero-order chi connectivity index (χ0) is 24.3. The van der Waals surface area contributed by atoms with Gasteiger partial charge in [-0.15, -0.1) is 0 Å². The Morgan fingerprint density at radius 2 is 1.89 bits per heavy atom. The predicted molar refractivity (Wildman–Crippen MR) is 132 cm³/mol. The van der Waals surface area contributed by atoms with Crippen molar-refractivity contribution in [2.24, 2.45) is 0 Å². The first-order valence-electron chi connectivity index (χ1n) is 11.2. The van der Waals surface area contributed by atoms with Crippen LogP contribution < -0.4 is 0 Å². The number of hydrogen-bond acceptors (Lipinski definition) is 3. The molecule has 0 bridgehead atoms. The third-order valence-corrected chi connectivity index (χ3v) is 6.37. The Kier molecular flexibility index (Phi) is 4.63. The first-order chi connectivity index (χ1) is 16.9. The second kappa shape index (κ2) is 7.73. The van der Waals surface area contributed by atoms with E-state index in [4.69, 9.17) is 4.52 Å². The van der Waals surface area contributed by atoms with Crippen molar-refractivity contribution in [2.75, 3.05) is 0 Å². The van der Waals surface area contributed by atoms with Gasteiger partial charge in [0.2, 0.25) is 0 Å². The van der Waals surface area contributed by atoms with E-state index in [0.717, 1.165) is 33.1 Å². The Labute approximate surface area is 198 Å². The van der Waals surface area contributed by atoms with Gasteiger partial charge in [-0.25, -0.2) is 9.18 Å². The van der Waals surface area contributed by atoms with Gasteiger partial charge in [0, 0.05) is 45.2 Å². The number of benzene rings is 2. The average molecular weight is 468 g/mol. The van der Waals surface area contributed by atoms with Crippen molar-refractivity contribution in [2.45, 2.75) is 19.8 Å². The van der Waals surface area contributed by atoms with Crippen molar-refractivity contribution in [1.29, 1.82) is 0 Å². The van der Waals surface area contributed by atoms with Crippen LogP contribution in [0.4, 0.5) is 4.39 Å². The molecule has 0 aliphatic carbocycles. The minimum atomic E-state index is -1.09. The van der Waals surface area contributed by atoms with Crippen LogP contribution in [0, 0.1) is 5.82 Å². The molecule has 0 aliphatic heterocycles. The van der Waals surface area contributed by atoms with Gasteiger partial charge in [-0.3, -0.25) is 0 Å². The normalized spacial score (nSPS) is 11.8. The summed E-state index contributed by atoms with van der Waals surface area (Å²) < 4.78 is 19.9. The van der Waals surface area contributed by atoms with Gasteiger partial charge in [0.05, 0.1) is 17.6 Å². The number of carbonyl (C=O) groups is 1. The molecule has 4 heterocycles. The highest BCUT2D eigenvalue weighted by Crippen LogP contribution is 2.44. The van der Waals surface area contributed by atoms with Crippen LogP contribution >= 0.6 is 0 Å². The van der Waals surface area contributed by atoms with Crippen LogP contribution in [0.2, 0.25) is 0 Å². The number of nitrogens with zero attached hydrogens (tertiary/aromatic N) is 1. The highest BCUT2D eigenvalue weighted by Gasteiger charge is 2.28. The number of fused-ring (bicyclic) bond motifs is 2. The molecule has 0 aliphatic rings. The van der Waals surface area contributed by atoms with Crippen LogP contribution in [0.25, 0.3) is 55.6 Å². The lowest BCUT2D eigenvalue weighted by Crippen LogP contribution is -2.00. The molecular weight excluding hydrogens is 447 g/mol. The molecule has 0 amide bonds. The molecular formula is C27H21FN4O3. The van der Waals surface area contributed by atoms with Gasteiger partial charge in [0.15, 0.2) is 5.76 Å². The maximum absolute atomic E-state index is 14.6. The summed E-state index contributed by atoms with van der Waals surface area (Å²) in [5, 5.41) is 15.6. The van der Waals surface area contributed by atoms with Gasteiger partial charge in [-0.1, -0.05) is 31.1 Å². The van der Waals surface area contributed by atoms with E-state index in [2.05, 4.69) is 20.1 Å². The number of rotatable bonds is 5. The van der Waals surface area contributed by atoms with E-state index in [9.17, 15) is 14.3 Å². The second-order valence-corrected chi connectivity index (χ2v) is 8.84. The number of carboxylic acids is 1. The van der Waals surface area contributed by atoms with Crippen LogP contribution in [0.3, 0.4) is 0 Å². The van der Waals surface area contributed by atoms with Crippen molar-refractivity contribution in [3.05, 3.63) is 78.0 Å². The zero-order valence-corrected chi connectivity index (χ0v) is 18.9. The third kappa shape index (κ3) is 3.25. The lowest BCUT2D eigenvalue weighted by atomic mass is 9.89. The van der Waals surface area contributed by atoms with Crippen LogP contribution in [-0.2, 0) is 0 Å². The van der Waals surface area contributed by atoms with Crippen molar-refractivity contribution in [3.63, 3.8) is 0 Å². The average Bonchev–Trinajstić information content (AvgIpc) is 3.62. The molecule has 0 unspecified atom stereocenters. The molecule has 7 nitrogen and oxygen atoms in total. The summed E-state index contributed by atoms with van der Waals surface area (Å²) in [6.07, 6.45) is 3.32. The molecule has 4 aromatic heterocycles. The number of halogens is 1. The van der Waals surface area contributed by atoms with Crippen molar-refractivity contribution in [1.82, 2.24) is 20.1 Å². The fourth-order valence-electron chi connectivity index (χ4n) is 4.94. The number of hydrogen-bond donors (Lipinski definition) is 4. The molecule has 35 heavy (non-hydrogen) atoms. The lowest BCUT2D eigenvalue weighted by Gasteiger charge is -2.13. The topological polar surface area (TPSA) is 111 Å². The summed E-state index contributed by atoms with van der Waals surface area (Å²) in [5.74, 6) is -0.955. The number of carboxylic acid groups (broad SMARTS) is 1. The number of H-pyrrole nitrogens is 3. The van der Waals surface area contributed by atoms with Crippen LogP contribution in [0.1, 0.15) is 35.8 Å². The van der Waals surface area contributed by atoms with E-state index in [-0.39, 0.29) is 11.6 Å². The third-order valence-electron chi connectivity index (χ3n) is 6.37. The molecule has 0 fully saturated rings. The molecule has 0 saturated heterocycles. The molecule has 0 atom stereocenters. The van der Waals surface area contributed by atoms with E-state index in [1.807, 2.05) is 44.2 Å². The Hall–Kier alpha value is -4.59. The van der Waals surface area contributed by atoms with Gasteiger partial charge in [0.1, 0.15) is 11.5 Å². The Morgan fingerprint density at radius 1 is 1.03 bits per heavy atom. The van der Waals surface area contributed by atoms with Gasteiger partial charge < -0.3 is 24.6 Å². The molecule has 174 valence electrons. The van der Waals surface area contributed by atoms with Crippen LogP contribution in [0.5, 0.6) is 0 Å². The standard InChI is InChI=1S/C27H21FN4O3/c1-13(2)23-24(16-4-3-5-19-17(16)12-21(31-19)22-7-9-30-35-22)26(27(33)34)32-25(23)18-10-14(28)11-20-15(18)6-8-29-20/h3-13,29,31-32H,1-2H3,(H,33,34). The number of nitrogens with one attached hydrogen (secondary N) is 3. The van der Waals surface area contributed by atoms with Gasteiger partial charge in [-0.05, 0) is 47.4 Å². The highest BCUT2D eigenvalue weighted by molar-refractivity contribution is 6.07. The molecule has 0 radical (unpaired) electrons. The fraction of sp³-hybridized carbons (Fsp3) is 0.111. The maximum Gasteiger partial charge on any atom is 0.352 e. The smallest absolute Gasteiger partial charge is 0.352 e. The number of aromatic amines is 3. The molecule has 0 spiro atoms. The number of aromatic nitrogens is 4. The maximum atomic E-state index is 14.6. The minimum Gasteiger partial charge on any atom is -0.477 e. The summed E-state index contributed by atoms with van der Waals surface area (Å²) in [5.41, 5.74) is 5.65. The Balaban J connectivity index is 1.68. The summed E-state index contributed by atoms with van der Waals surface area (Å²) in [6, 6.07) is 14.1. The lowest BCUT2D eigenvalue weighted by molar-refractivity contribution is 0.0692.